The van der Waals surface area contributed by atoms with Gasteiger partial charge in [0.2, 0.25) is 0 Å². The molecule has 3 aromatic rings. The first kappa shape index (κ1) is 16.5. The van der Waals surface area contributed by atoms with Gasteiger partial charge in [0.25, 0.3) is 11.2 Å². The highest BCUT2D eigenvalue weighted by molar-refractivity contribution is 5.92. The van der Waals surface area contributed by atoms with E-state index in [1.165, 1.54) is 0 Å². The second-order valence-electron chi connectivity index (χ2n) is 6.32. The van der Waals surface area contributed by atoms with Gasteiger partial charge in [-0.15, -0.1) is 0 Å². The third-order valence-corrected chi connectivity index (χ3v) is 4.75. The van der Waals surface area contributed by atoms with Crippen molar-refractivity contribution in [3.8, 4) is 16.9 Å². The van der Waals surface area contributed by atoms with Crippen molar-refractivity contribution < 1.29 is 14.5 Å². The van der Waals surface area contributed by atoms with Crippen LogP contribution in [0.25, 0.3) is 22.2 Å². The average Bonchev–Trinajstić information content (AvgIpc) is 3.17. The minimum Gasteiger partial charge on any atom is -0.496 e. The summed E-state index contributed by atoms with van der Waals surface area (Å²) in [6.07, 6.45) is 3.59. The minimum atomic E-state index is -0.438. The van der Waals surface area contributed by atoms with E-state index in [4.69, 9.17) is 9.47 Å². The Bertz CT molecular complexity index is 1060. The van der Waals surface area contributed by atoms with Crippen LogP contribution in [-0.4, -0.2) is 29.4 Å². The van der Waals surface area contributed by atoms with Crippen molar-refractivity contribution in [1.82, 2.24) is 9.55 Å². The van der Waals surface area contributed by atoms with Crippen LogP contribution < -0.4 is 21.0 Å². The highest BCUT2D eigenvalue weighted by Crippen LogP contribution is 2.31. The molecule has 1 saturated heterocycles. The fourth-order valence-corrected chi connectivity index (χ4v) is 3.52. The average molecular weight is 354 g/mol. The lowest BCUT2D eigenvalue weighted by atomic mass is 10.0. The quantitative estimate of drug-likeness (QED) is 0.766. The van der Waals surface area contributed by atoms with Crippen molar-refractivity contribution in [1.29, 1.82) is 0 Å². The maximum Gasteiger partial charge on any atom is 0.415 e. The summed E-state index contributed by atoms with van der Waals surface area (Å²) in [5.74, 6) is 0.663. The van der Waals surface area contributed by atoms with Crippen LogP contribution >= 0.6 is 0 Å². The Morgan fingerprint density at radius 2 is 2.12 bits per heavy atom. The van der Waals surface area contributed by atoms with E-state index in [9.17, 15) is 9.59 Å². The number of aromatic amines is 2. The highest BCUT2D eigenvalue weighted by atomic mass is 16.5. The summed E-state index contributed by atoms with van der Waals surface area (Å²) >= 11 is 0. The van der Waals surface area contributed by atoms with Gasteiger partial charge in [-0.05, 0) is 25.0 Å². The number of aromatic nitrogens is 3. The molecule has 0 amide bonds. The van der Waals surface area contributed by atoms with Gasteiger partial charge in [0.05, 0.1) is 19.4 Å². The number of nitrogens with one attached hydrogen (secondary N) is 2. The maximum absolute atomic E-state index is 12.6. The summed E-state index contributed by atoms with van der Waals surface area (Å²) < 4.78 is 12.6. The normalized spacial score (nSPS) is 16.9. The van der Waals surface area contributed by atoms with Crippen molar-refractivity contribution in [3.63, 3.8) is 0 Å². The Labute approximate surface area is 149 Å². The predicted molar refractivity (Wildman–Crippen MR) is 96.3 cm³/mol. The Morgan fingerprint density at radius 3 is 2.88 bits per heavy atom. The Kier molecular flexibility index (Phi) is 4.30. The van der Waals surface area contributed by atoms with Crippen LogP contribution in [0.4, 0.5) is 0 Å². The molecule has 0 saturated carbocycles. The monoisotopic (exact) mass is 354 g/mol. The molecule has 1 atom stereocenters. The number of methoxy groups -OCH3 is 1. The number of pyridine rings is 1. The number of ether oxygens (including phenoxy) is 2. The molecule has 1 aromatic carbocycles. The molecule has 1 aliphatic heterocycles. The van der Waals surface area contributed by atoms with Crippen LogP contribution in [0.3, 0.4) is 0 Å². The zero-order valence-electron chi connectivity index (χ0n) is 14.5. The molecule has 3 heterocycles. The number of rotatable bonds is 4. The van der Waals surface area contributed by atoms with Crippen LogP contribution in [0.5, 0.6) is 5.75 Å². The first-order valence-electron chi connectivity index (χ1n) is 8.61. The van der Waals surface area contributed by atoms with Gasteiger partial charge >= 0.3 is 5.69 Å². The van der Waals surface area contributed by atoms with Crippen molar-refractivity contribution in [2.45, 2.75) is 25.5 Å². The molecule has 0 aliphatic carbocycles. The second kappa shape index (κ2) is 6.76. The van der Waals surface area contributed by atoms with Crippen molar-refractivity contribution in [3.05, 3.63) is 57.4 Å². The van der Waals surface area contributed by atoms with Crippen LogP contribution in [0, 0.1) is 0 Å². The number of para-hydroxylation sites is 1. The van der Waals surface area contributed by atoms with E-state index < -0.39 is 11.2 Å². The molecule has 4 rings (SSSR count). The maximum atomic E-state index is 12.6. The summed E-state index contributed by atoms with van der Waals surface area (Å²) in [4.78, 5) is 30.5. The first-order chi connectivity index (χ1) is 12.7. The van der Waals surface area contributed by atoms with Gasteiger partial charge in [0.1, 0.15) is 17.7 Å². The molecule has 7 heteroatoms. The van der Waals surface area contributed by atoms with E-state index in [-0.39, 0.29) is 6.10 Å². The zero-order chi connectivity index (χ0) is 18.1. The molecule has 2 aromatic heterocycles. The van der Waals surface area contributed by atoms with E-state index in [0.717, 1.165) is 18.4 Å². The molecule has 7 nitrogen and oxygen atoms in total. The van der Waals surface area contributed by atoms with Crippen LogP contribution in [0.2, 0.25) is 0 Å². The lowest BCUT2D eigenvalue weighted by Gasteiger charge is -2.11. The van der Waals surface area contributed by atoms with E-state index in [0.29, 0.717) is 35.5 Å². The van der Waals surface area contributed by atoms with Gasteiger partial charge in [-0.1, -0.05) is 18.2 Å². The van der Waals surface area contributed by atoms with E-state index in [1.807, 2.05) is 30.3 Å². The standard InChI is InChI=1S/C19H19N3O4/c1-25-15-7-3-2-6-13(15)14-8-9-20-17-16(14)18(23)21-19(24)22(17)11-12-5-4-10-26-12/h2-3,6-9,12H,4-5,10-11H2,1H3,(H,21,23,24)/p+1. The Hall–Kier alpha value is -2.93. The third kappa shape index (κ3) is 2.80. The molecule has 26 heavy (non-hydrogen) atoms. The van der Waals surface area contributed by atoms with Crippen LogP contribution in [0.1, 0.15) is 12.8 Å². The van der Waals surface area contributed by atoms with Gasteiger partial charge in [-0.3, -0.25) is 9.78 Å². The first-order valence-corrected chi connectivity index (χ1v) is 8.61. The molecule has 134 valence electrons. The fourth-order valence-electron chi connectivity index (χ4n) is 3.52. The van der Waals surface area contributed by atoms with Gasteiger partial charge in [-0.25, -0.2) is 9.78 Å². The van der Waals surface area contributed by atoms with Gasteiger partial charge in [0, 0.05) is 17.7 Å². The number of hydrogen-bond acceptors (Lipinski definition) is 4. The molecule has 2 N–H and O–H groups in total. The van der Waals surface area contributed by atoms with Gasteiger partial charge < -0.3 is 9.47 Å². The zero-order valence-corrected chi connectivity index (χ0v) is 14.5. The van der Waals surface area contributed by atoms with E-state index in [2.05, 4.69) is 9.97 Å². The number of fused-ring (bicyclic) bond motifs is 1. The van der Waals surface area contributed by atoms with E-state index in [1.54, 1.807) is 17.9 Å². The highest BCUT2D eigenvalue weighted by Gasteiger charge is 2.25. The molecule has 0 spiro atoms. The predicted octanol–water partition coefficient (Wildman–Crippen LogP) is 1.36. The minimum absolute atomic E-state index is 0.0230. The van der Waals surface area contributed by atoms with Crippen molar-refractivity contribution in [2.75, 3.05) is 13.7 Å². The van der Waals surface area contributed by atoms with Crippen LogP contribution in [-0.2, 0) is 11.3 Å². The summed E-state index contributed by atoms with van der Waals surface area (Å²) in [5, 5.41) is 0.426. The summed E-state index contributed by atoms with van der Waals surface area (Å²) in [5.41, 5.74) is 1.12. The smallest absolute Gasteiger partial charge is 0.415 e. The molecular weight excluding hydrogens is 334 g/mol. The molecule has 1 unspecified atom stereocenters. The van der Waals surface area contributed by atoms with Crippen molar-refractivity contribution >= 4 is 11.0 Å². The van der Waals surface area contributed by atoms with Gasteiger partial charge in [-0.2, -0.15) is 4.57 Å². The molecule has 0 radical (unpaired) electrons. The summed E-state index contributed by atoms with van der Waals surface area (Å²) in [6.45, 7) is 1.11. The number of H-pyrrole nitrogens is 2. The molecular formula is C19H20N3O4+. The fraction of sp³-hybridized carbons (Fsp3) is 0.316. The van der Waals surface area contributed by atoms with Gasteiger partial charge in [0.15, 0.2) is 0 Å². The van der Waals surface area contributed by atoms with Crippen molar-refractivity contribution in [2.24, 2.45) is 0 Å². The number of hydrogen-bond donors (Lipinski definition) is 1. The summed E-state index contributed by atoms with van der Waals surface area (Å²) in [7, 11) is 1.59. The van der Waals surface area contributed by atoms with Crippen LogP contribution in [0.15, 0.2) is 46.1 Å². The van der Waals surface area contributed by atoms with E-state index >= 15 is 0 Å². The topological polar surface area (TPSA) is 87.5 Å². The molecule has 1 fully saturated rings. The summed E-state index contributed by atoms with van der Waals surface area (Å²) in [6, 6.07) is 9.31. The number of nitrogens with zero attached hydrogens (tertiary/aromatic N) is 1. The molecule has 0 bridgehead atoms. The lowest BCUT2D eigenvalue weighted by Crippen LogP contribution is -2.36. The SMILES string of the molecule is COc1ccccc1-c1cc[nH+]c2c1c(=O)[nH]c(=O)n2CC1CCCO1. The molecule has 1 aliphatic rings. The Balaban J connectivity index is 1.96. The third-order valence-electron chi connectivity index (χ3n) is 4.75. The second-order valence-corrected chi connectivity index (χ2v) is 6.32. The Morgan fingerprint density at radius 1 is 1.27 bits per heavy atom. The largest absolute Gasteiger partial charge is 0.496 e. The number of benzene rings is 1. The lowest BCUT2D eigenvalue weighted by molar-refractivity contribution is -0.350.